The van der Waals surface area contributed by atoms with Crippen LogP contribution >= 0.6 is 11.8 Å². The first-order chi connectivity index (χ1) is 10.2. The molecule has 0 saturated heterocycles. The SMILES string of the molecule is CCC(Sc1cc(C)ccc1C)C(NC)c1ccccc1. The maximum absolute atomic E-state index is 3.50. The average Bonchev–Trinajstić information content (AvgIpc) is 2.51. The Kier molecular flexibility index (Phi) is 5.89. The molecule has 0 bridgehead atoms. The summed E-state index contributed by atoms with van der Waals surface area (Å²) in [5.74, 6) is 0. The maximum Gasteiger partial charge on any atom is 0.0441 e. The molecule has 0 aliphatic heterocycles. The minimum Gasteiger partial charge on any atom is -0.312 e. The Morgan fingerprint density at radius 1 is 1.05 bits per heavy atom. The van der Waals surface area contributed by atoms with Crippen LogP contribution in [0, 0.1) is 13.8 Å². The molecule has 2 aromatic carbocycles. The fourth-order valence-corrected chi connectivity index (χ4v) is 4.04. The number of aryl methyl sites for hydroxylation is 2. The molecular weight excluding hydrogens is 274 g/mol. The molecule has 1 nitrogen and oxygen atoms in total. The third-order valence-corrected chi connectivity index (χ3v) is 5.47. The van der Waals surface area contributed by atoms with E-state index in [1.807, 2.05) is 11.8 Å². The summed E-state index contributed by atoms with van der Waals surface area (Å²) in [5, 5.41) is 4.03. The zero-order valence-electron chi connectivity index (χ0n) is 13.4. The van der Waals surface area contributed by atoms with Crippen molar-refractivity contribution in [2.45, 2.75) is 43.4 Å². The monoisotopic (exact) mass is 299 g/mol. The molecule has 0 fully saturated rings. The Morgan fingerprint density at radius 3 is 2.38 bits per heavy atom. The molecule has 112 valence electrons. The molecule has 0 aromatic heterocycles. The number of nitrogens with one attached hydrogen (secondary N) is 1. The van der Waals surface area contributed by atoms with Gasteiger partial charge in [0.25, 0.3) is 0 Å². The quantitative estimate of drug-likeness (QED) is 0.742. The Hall–Kier alpha value is -1.25. The van der Waals surface area contributed by atoms with E-state index in [0.717, 1.165) is 6.42 Å². The van der Waals surface area contributed by atoms with Crippen molar-refractivity contribution in [3.05, 3.63) is 65.2 Å². The molecule has 1 N–H and O–H groups in total. The van der Waals surface area contributed by atoms with Crippen LogP contribution in [0.1, 0.15) is 36.1 Å². The van der Waals surface area contributed by atoms with Gasteiger partial charge in [0.15, 0.2) is 0 Å². The van der Waals surface area contributed by atoms with E-state index < -0.39 is 0 Å². The lowest BCUT2D eigenvalue weighted by molar-refractivity contribution is 0.555. The van der Waals surface area contributed by atoms with Gasteiger partial charge in [-0.3, -0.25) is 0 Å². The van der Waals surface area contributed by atoms with Gasteiger partial charge < -0.3 is 5.32 Å². The maximum atomic E-state index is 3.50. The second-order valence-electron chi connectivity index (χ2n) is 5.51. The van der Waals surface area contributed by atoms with Crippen LogP contribution in [0.2, 0.25) is 0 Å². The van der Waals surface area contributed by atoms with Gasteiger partial charge in [0.05, 0.1) is 0 Å². The lowest BCUT2D eigenvalue weighted by Crippen LogP contribution is -2.27. The van der Waals surface area contributed by atoms with Crippen molar-refractivity contribution in [1.29, 1.82) is 0 Å². The largest absolute Gasteiger partial charge is 0.312 e. The van der Waals surface area contributed by atoms with E-state index in [1.165, 1.54) is 21.6 Å². The molecule has 0 radical (unpaired) electrons. The van der Waals surface area contributed by atoms with Crippen LogP contribution in [0.4, 0.5) is 0 Å². The smallest absolute Gasteiger partial charge is 0.0441 e. The number of hydrogen-bond donors (Lipinski definition) is 1. The van der Waals surface area contributed by atoms with Crippen molar-refractivity contribution < 1.29 is 0 Å². The predicted molar refractivity (Wildman–Crippen MR) is 94.1 cm³/mol. The number of benzene rings is 2. The highest BCUT2D eigenvalue weighted by Crippen LogP contribution is 2.36. The highest BCUT2D eigenvalue weighted by molar-refractivity contribution is 8.00. The molecule has 2 rings (SSSR count). The van der Waals surface area contributed by atoms with Crippen LogP contribution in [0.15, 0.2) is 53.4 Å². The third kappa shape index (κ3) is 4.12. The minimum absolute atomic E-state index is 0.376. The molecule has 0 spiro atoms. The normalized spacial score (nSPS) is 13.9. The first-order valence-corrected chi connectivity index (χ1v) is 8.49. The van der Waals surface area contributed by atoms with E-state index in [0.29, 0.717) is 11.3 Å². The highest BCUT2D eigenvalue weighted by Gasteiger charge is 2.21. The van der Waals surface area contributed by atoms with Gasteiger partial charge in [0.1, 0.15) is 0 Å². The van der Waals surface area contributed by atoms with Gasteiger partial charge >= 0.3 is 0 Å². The zero-order chi connectivity index (χ0) is 15.2. The van der Waals surface area contributed by atoms with Gasteiger partial charge in [-0.1, -0.05) is 55.0 Å². The molecule has 0 heterocycles. The van der Waals surface area contributed by atoms with Crippen LogP contribution < -0.4 is 5.32 Å². The molecule has 2 aromatic rings. The molecule has 0 aliphatic carbocycles. The first kappa shape index (κ1) is 16.1. The summed E-state index contributed by atoms with van der Waals surface area (Å²) in [4.78, 5) is 1.40. The summed E-state index contributed by atoms with van der Waals surface area (Å²) in [5.41, 5.74) is 4.07. The minimum atomic E-state index is 0.376. The Balaban J connectivity index is 2.24. The number of thioether (sulfide) groups is 1. The highest BCUT2D eigenvalue weighted by atomic mass is 32.2. The molecule has 2 heteroatoms. The molecule has 21 heavy (non-hydrogen) atoms. The number of rotatable bonds is 6. The predicted octanol–water partition coefficient (Wildman–Crippen LogP) is 5.13. The van der Waals surface area contributed by atoms with Gasteiger partial charge in [0, 0.05) is 16.2 Å². The van der Waals surface area contributed by atoms with Crippen molar-refractivity contribution in [3.8, 4) is 0 Å². The average molecular weight is 299 g/mol. The van der Waals surface area contributed by atoms with Crippen LogP contribution in [-0.4, -0.2) is 12.3 Å². The second-order valence-corrected chi connectivity index (χ2v) is 6.79. The topological polar surface area (TPSA) is 12.0 Å². The molecule has 2 atom stereocenters. The van der Waals surface area contributed by atoms with Crippen LogP contribution in [0.25, 0.3) is 0 Å². The molecule has 2 unspecified atom stereocenters. The van der Waals surface area contributed by atoms with Crippen molar-refractivity contribution in [3.63, 3.8) is 0 Å². The standard InChI is InChI=1S/C19H25NS/c1-5-17(19(20-4)16-9-7-6-8-10-16)21-18-13-14(2)11-12-15(18)3/h6-13,17,19-20H,5H2,1-4H3. The van der Waals surface area contributed by atoms with Crippen molar-refractivity contribution >= 4 is 11.8 Å². The van der Waals surface area contributed by atoms with Crippen molar-refractivity contribution in [2.75, 3.05) is 7.05 Å². The molecule has 0 amide bonds. The lowest BCUT2D eigenvalue weighted by Gasteiger charge is -2.26. The number of hydrogen-bond acceptors (Lipinski definition) is 2. The first-order valence-electron chi connectivity index (χ1n) is 7.61. The summed E-state index contributed by atoms with van der Waals surface area (Å²) >= 11 is 1.99. The van der Waals surface area contributed by atoms with E-state index in [4.69, 9.17) is 0 Å². The lowest BCUT2D eigenvalue weighted by atomic mass is 10.0. The van der Waals surface area contributed by atoms with Gasteiger partial charge in [0.2, 0.25) is 0 Å². The summed E-state index contributed by atoms with van der Waals surface area (Å²) in [6.07, 6.45) is 1.14. The summed E-state index contributed by atoms with van der Waals surface area (Å²) < 4.78 is 0. The third-order valence-electron chi connectivity index (χ3n) is 3.87. The van der Waals surface area contributed by atoms with E-state index in [1.54, 1.807) is 0 Å². The van der Waals surface area contributed by atoms with E-state index in [-0.39, 0.29) is 0 Å². The van der Waals surface area contributed by atoms with Gasteiger partial charge in [-0.05, 0) is 44.5 Å². The Bertz CT molecular complexity index is 565. The molecule has 0 aliphatic rings. The summed E-state index contributed by atoms with van der Waals surface area (Å²) in [6.45, 7) is 6.64. The van der Waals surface area contributed by atoms with E-state index in [9.17, 15) is 0 Å². The van der Waals surface area contributed by atoms with Gasteiger partial charge in [-0.25, -0.2) is 0 Å². The van der Waals surface area contributed by atoms with E-state index in [2.05, 4.69) is 81.7 Å². The van der Waals surface area contributed by atoms with E-state index >= 15 is 0 Å². The van der Waals surface area contributed by atoms with Crippen LogP contribution in [-0.2, 0) is 0 Å². The fraction of sp³-hybridized carbons (Fsp3) is 0.368. The Morgan fingerprint density at radius 2 is 1.76 bits per heavy atom. The molecule has 0 saturated carbocycles. The van der Waals surface area contributed by atoms with Crippen LogP contribution in [0.3, 0.4) is 0 Å². The Labute approximate surface area is 133 Å². The second kappa shape index (κ2) is 7.67. The van der Waals surface area contributed by atoms with Crippen LogP contribution in [0.5, 0.6) is 0 Å². The molecular formula is C19H25NS. The summed E-state index contributed by atoms with van der Waals surface area (Å²) in [6, 6.07) is 17.8. The van der Waals surface area contributed by atoms with Crippen molar-refractivity contribution in [1.82, 2.24) is 5.32 Å². The van der Waals surface area contributed by atoms with Crippen molar-refractivity contribution in [2.24, 2.45) is 0 Å². The fourth-order valence-electron chi connectivity index (χ4n) is 2.61. The zero-order valence-corrected chi connectivity index (χ0v) is 14.2. The van der Waals surface area contributed by atoms with Gasteiger partial charge in [-0.15, -0.1) is 11.8 Å². The van der Waals surface area contributed by atoms with Gasteiger partial charge in [-0.2, -0.15) is 0 Å². The summed E-state index contributed by atoms with van der Waals surface area (Å²) in [7, 11) is 2.06.